The van der Waals surface area contributed by atoms with Crippen LogP contribution < -0.4 is 27.4 Å². The predicted molar refractivity (Wildman–Crippen MR) is 371 cm³/mol. The fourth-order valence-corrected chi connectivity index (χ4v) is 5.77. The Hall–Kier alpha value is -11.5. The highest BCUT2D eigenvalue weighted by atomic mass is 16.5. The van der Waals surface area contributed by atoms with Crippen LogP contribution in [0.15, 0.2) is 201 Å². The fourth-order valence-electron chi connectivity index (χ4n) is 5.77. The number of aryl methyl sites for hydroxylation is 9. The van der Waals surface area contributed by atoms with Crippen molar-refractivity contribution in [3.8, 4) is 0 Å². The van der Waals surface area contributed by atoms with Crippen molar-refractivity contribution in [3.05, 3.63) is 222 Å². The van der Waals surface area contributed by atoms with E-state index in [1.807, 2.05) is 97.4 Å². The molecule has 524 valence electrons. The number of tetrazole rings is 1. The molecule has 6 aliphatic heterocycles. The van der Waals surface area contributed by atoms with Crippen LogP contribution >= 0.6 is 0 Å². The second-order valence-corrected chi connectivity index (χ2v) is 19.9. The number of imidazole rings is 2. The molecular formula is C62H96N30O5. The molecule has 0 aromatic carbocycles. The number of hydrogen-bond acceptors (Lipinski definition) is 27. The summed E-state index contributed by atoms with van der Waals surface area (Å²) in [6.45, 7) is 26.4. The maximum atomic E-state index is 10.2. The molecule has 0 aliphatic carbocycles. The van der Waals surface area contributed by atoms with E-state index in [2.05, 4.69) is 219 Å². The molecule has 15 heterocycles. The molecule has 0 amide bonds. The molecule has 0 radical (unpaired) electrons. The van der Waals surface area contributed by atoms with Crippen molar-refractivity contribution >= 4 is 12.1 Å². The Morgan fingerprint density at radius 2 is 1.38 bits per heavy atom. The third-order valence-electron chi connectivity index (χ3n) is 10.8. The molecule has 9 aromatic heterocycles. The quantitative estimate of drug-likeness (QED) is 0.0730. The van der Waals surface area contributed by atoms with Gasteiger partial charge in [-0.25, -0.2) is 59.7 Å². The predicted octanol–water partition coefficient (Wildman–Crippen LogP) is 6.72. The van der Waals surface area contributed by atoms with Gasteiger partial charge in [0.1, 0.15) is 48.6 Å². The van der Waals surface area contributed by atoms with Gasteiger partial charge >= 0.3 is 11.4 Å². The summed E-state index contributed by atoms with van der Waals surface area (Å²) in [4.78, 5) is 65.1. The van der Waals surface area contributed by atoms with Crippen LogP contribution in [0.5, 0.6) is 0 Å². The van der Waals surface area contributed by atoms with Crippen molar-refractivity contribution in [2.75, 3.05) is 26.4 Å². The minimum absolute atomic E-state index is 0.292. The van der Waals surface area contributed by atoms with E-state index in [9.17, 15) is 9.59 Å². The van der Waals surface area contributed by atoms with E-state index in [1.54, 1.807) is 80.0 Å². The van der Waals surface area contributed by atoms with Crippen molar-refractivity contribution in [2.24, 2.45) is 47.3 Å². The Balaban J connectivity index is 0.000000520. The molecule has 2 atom stereocenters. The van der Waals surface area contributed by atoms with Crippen LogP contribution in [-0.2, 0) is 30.6 Å². The molecule has 2 unspecified atom stereocenters. The van der Waals surface area contributed by atoms with Gasteiger partial charge in [0.25, 0.3) is 0 Å². The first-order valence-electron chi connectivity index (χ1n) is 30.3. The summed E-state index contributed by atoms with van der Waals surface area (Å²) in [6, 6.07) is 1.80. The summed E-state index contributed by atoms with van der Waals surface area (Å²) < 4.78 is 19.4. The third-order valence-corrected chi connectivity index (χ3v) is 10.8. The van der Waals surface area contributed by atoms with Gasteiger partial charge in [0.05, 0.1) is 56.5 Å². The zero-order valence-corrected chi connectivity index (χ0v) is 58.0. The molecule has 15 rings (SSSR count). The number of aliphatic imine (C=N–C) groups is 2. The van der Waals surface area contributed by atoms with Gasteiger partial charge in [-0.05, 0) is 122 Å². The smallest absolute Gasteiger partial charge is 0.393 e. The lowest BCUT2D eigenvalue weighted by Crippen LogP contribution is -2.25. The zero-order chi connectivity index (χ0) is 71.4. The van der Waals surface area contributed by atoms with Gasteiger partial charge < -0.3 is 39.4 Å². The van der Waals surface area contributed by atoms with Crippen molar-refractivity contribution < 1.29 is 13.9 Å². The molecule has 0 bridgehead atoms. The first kappa shape index (κ1) is 83.5. The molecular weight excluding hydrogens is 1240 g/mol. The largest absolute Gasteiger partial charge is 0.434 e. The maximum absolute atomic E-state index is 10.2. The lowest BCUT2D eigenvalue weighted by Gasteiger charge is -2.12. The molecule has 9 aromatic rings. The second kappa shape index (κ2) is 56.1. The lowest BCUT2D eigenvalue weighted by atomic mass is 10.1. The van der Waals surface area contributed by atoms with Gasteiger partial charge in [0, 0.05) is 102 Å². The molecule has 6 aliphatic rings. The summed E-state index contributed by atoms with van der Waals surface area (Å²) in [5.41, 5.74) is 3.06. The highest BCUT2D eigenvalue weighted by molar-refractivity contribution is 5.80. The number of dihydropyridines is 1. The van der Waals surface area contributed by atoms with E-state index in [-0.39, 0.29) is 5.69 Å². The minimum Gasteiger partial charge on any atom is -0.393 e. The highest BCUT2D eigenvalue weighted by Gasteiger charge is 2.01. The van der Waals surface area contributed by atoms with Gasteiger partial charge in [0.2, 0.25) is 5.89 Å². The van der Waals surface area contributed by atoms with Gasteiger partial charge in [0.15, 0.2) is 6.67 Å². The Kier molecular flexibility index (Phi) is 48.3. The number of hydrogen-bond donors (Lipinski definition) is 8. The first-order chi connectivity index (χ1) is 46.7. The molecule has 8 N–H and O–H groups in total. The topological polar surface area (TPSA) is 438 Å². The Morgan fingerprint density at radius 3 is 1.58 bits per heavy atom. The van der Waals surface area contributed by atoms with Crippen LogP contribution in [0.25, 0.3) is 0 Å². The van der Waals surface area contributed by atoms with Gasteiger partial charge in [-0.2, -0.15) is 25.1 Å². The Bertz CT molecular complexity index is 3330. The number of nitrogens with zero attached hydrogens (tertiary/aromatic N) is 22. The monoisotopic (exact) mass is 1340 g/mol. The summed E-state index contributed by atoms with van der Waals surface area (Å²) in [6.07, 6.45) is 51.2. The van der Waals surface area contributed by atoms with Crippen molar-refractivity contribution in [1.82, 2.24) is 131 Å². The number of aromatic amines is 5. The van der Waals surface area contributed by atoms with E-state index in [4.69, 9.17) is 9.47 Å². The highest BCUT2D eigenvalue weighted by Crippen LogP contribution is 2.04. The number of H-pyrrole nitrogens is 5. The van der Waals surface area contributed by atoms with Crippen LogP contribution in [0.1, 0.15) is 89.1 Å². The fraction of sp³-hybridized carbons (Fsp3) is 0.403. The molecule has 0 fully saturated rings. The molecule has 0 saturated heterocycles. The van der Waals surface area contributed by atoms with Crippen LogP contribution in [0.3, 0.4) is 0 Å². The van der Waals surface area contributed by atoms with Crippen molar-refractivity contribution in [1.29, 1.82) is 0 Å². The van der Waals surface area contributed by atoms with Crippen LogP contribution in [0.4, 0.5) is 0 Å². The van der Waals surface area contributed by atoms with Crippen LogP contribution in [0, 0.1) is 47.5 Å². The zero-order valence-electron chi connectivity index (χ0n) is 58.0. The molecule has 35 heteroatoms. The van der Waals surface area contributed by atoms with Crippen LogP contribution in [0.2, 0.25) is 0 Å². The molecule has 35 nitrogen and oxygen atoms in total. The second-order valence-electron chi connectivity index (χ2n) is 19.9. The number of rotatable bonds is 0. The number of amidine groups is 1. The SMILES string of the molecule is CC1=CCN=C1.CC1=NCN=N1.CC1C=CCCO1.CC1C=CNC=C1.CC1CC=CCO1.CC1NC=CN1.Cc1cnc[nH]1.Cc1cnccn1.Cc1n[nH]c(=O)o1.Cc1ncccn1.Cc1ncn[nH]1.Cc1ncn[nH]1.Cn1ccnc1.Cn1cncn1.Cn1nn[nH]c1=O. The summed E-state index contributed by atoms with van der Waals surface area (Å²) >= 11 is 0. The number of azo groups is 1. The minimum atomic E-state index is -0.502. The van der Waals surface area contributed by atoms with E-state index >= 15 is 0 Å². The third kappa shape index (κ3) is 53.7. The maximum Gasteiger partial charge on any atom is 0.434 e. The Labute approximate surface area is 565 Å². The van der Waals surface area contributed by atoms with Gasteiger partial charge in [-0.3, -0.25) is 29.8 Å². The number of nitrogens with one attached hydrogen (secondary N) is 8. The average molecular weight is 1340 g/mol. The number of ether oxygens (including phenoxy) is 2. The first-order valence-corrected chi connectivity index (χ1v) is 30.3. The summed E-state index contributed by atoms with van der Waals surface area (Å²) in [5.74, 6) is 3.80. The van der Waals surface area contributed by atoms with Crippen LogP contribution in [-0.4, -0.2) is 172 Å². The van der Waals surface area contributed by atoms with E-state index in [0.29, 0.717) is 36.9 Å². The normalized spacial score (nSPS) is 14.7. The van der Waals surface area contributed by atoms with E-state index in [1.165, 1.54) is 31.6 Å². The molecule has 97 heavy (non-hydrogen) atoms. The standard InChI is InChI=1S/C6H9N.2C6H10O.2C5H6N2.C5H7N.2C4H6N2.C4H8N2.4C3H5N3.C3H4N2O2.C2H4N4O/c1-6-2-4-7-5-3-6;2*1-6-4-2-3-5-7-6;1-5-4-6-2-3-7-5;1-5-6-3-2-4-7-5;1-5-2-3-6-4-5;1-4-2-5-3-6-4;1-6-3-2-5-4-6;1-4-5-2-3-6-4;1-6-3-4-2-5-6;3*1-3-4-2-5-6-3;1-2-4-5-3(6)7-2;1-6-2(7)3-4-5-6/h2-7H,1H3;2,4,6H,3,5H2,1H3;2-3,6H,4-5H2,1H3;2*2-4H,1H3;2,4H,3H2,1H3;2-3H,1H3,(H,5,6);2-4H,1H3;2-6H,1H3;2-3H,1H3;2H2,1H3;2*2H,1H3,(H,4,5,6);1H3,(H,5,6);1H3,(H,3,5,7). The lowest BCUT2D eigenvalue weighted by molar-refractivity contribution is 0.0820. The molecule has 0 saturated carbocycles. The van der Waals surface area contributed by atoms with Gasteiger partial charge in [-0.15, -0.1) is 10.2 Å². The van der Waals surface area contributed by atoms with Crippen molar-refractivity contribution in [2.45, 2.75) is 114 Å². The number of allylic oxidation sites excluding steroid dienone is 3. The Morgan fingerprint density at radius 1 is 0.670 bits per heavy atom. The molecule has 0 spiro atoms. The average Bonchev–Trinajstić information content (AvgIpc) is 3.72. The van der Waals surface area contributed by atoms with Crippen molar-refractivity contribution in [3.63, 3.8) is 0 Å². The van der Waals surface area contributed by atoms with Gasteiger partial charge in [-0.1, -0.05) is 49.5 Å². The summed E-state index contributed by atoms with van der Waals surface area (Å²) in [5, 5.41) is 46.5. The number of aromatic nitrogens is 23. The summed E-state index contributed by atoms with van der Waals surface area (Å²) in [7, 11) is 5.28. The van der Waals surface area contributed by atoms with E-state index < -0.39 is 5.76 Å². The van der Waals surface area contributed by atoms with E-state index in [0.717, 1.165) is 72.0 Å².